The molecule has 0 saturated carbocycles. The molecule has 2 heterocycles. The fourth-order valence-corrected chi connectivity index (χ4v) is 3.64. The number of sulfonamides is 1. The van der Waals surface area contributed by atoms with Gasteiger partial charge in [-0.2, -0.15) is 4.31 Å². The summed E-state index contributed by atoms with van der Waals surface area (Å²) in [4.78, 5) is 3.90. The second-order valence-corrected chi connectivity index (χ2v) is 7.54. The number of aliphatic hydroxyl groups is 1. The van der Waals surface area contributed by atoms with Crippen LogP contribution in [-0.2, 0) is 16.4 Å². The zero-order chi connectivity index (χ0) is 14.1. The topological polar surface area (TPSA) is 70.5 Å². The summed E-state index contributed by atoms with van der Waals surface area (Å²) in [7, 11) is -3.27. The first-order chi connectivity index (χ1) is 8.83. The Bertz CT molecular complexity index is 522. The van der Waals surface area contributed by atoms with Gasteiger partial charge in [0.05, 0.1) is 11.4 Å². The van der Waals surface area contributed by atoms with Crippen LogP contribution in [0.25, 0.3) is 0 Å². The molecule has 6 heteroatoms. The highest BCUT2D eigenvalue weighted by Gasteiger charge is 2.48. The smallest absolute Gasteiger partial charge is 0.214 e. The lowest BCUT2D eigenvalue weighted by molar-refractivity contribution is -0.0932. The van der Waals surface area contributed by atoms with Crippen LogP contribution >= 0.6 is 0 Å². The van der Waals surface area contributed by atoms with E-state index in [-0.39, 0.29) is 24.8 Å². The molecule has 0 amide bonds. The van der Waals surface area contributed by atoms with Gasteiger partial charge in [-0.15, -0.1) is 0 Å². The predicted molar refractivity (Wildman–Crippen MR) is 73.1 cm³/mol. The Morgan fingerprint density at radius 2 is 1.95 bits per heavy atom. The van der Waals surface area contributed by atoms with Crippen molar-refractivity contribution in [1.29, 1.82) is 0 Å². The lowest BCUT2D eigenvalue weighted by Crippen LogP contribution is -2.66. The highest BCUT2D eigenvalue weighted by atomic mass is 32.2. The number of hydrogen-bond donors (Lipinski definition) is 1. The van der Waals surface area contributed by atoms with Gasteiger partial charge in [-0.25, -0.2) is 8.42 Å². The van der Waals surface area contributed by atoms with Gasteiger partial charge in [0.25, 0.3) is 0 Å². The van der Waals surface area contributed by atoms with Crippen molar-refractivity contribution >= 4 is 10.0 Å². The number of aromatic nitrogens is 1. The molecule has 0 bridgehead atoms. The number of aryl methyl sites for hydroxylation is 1. The molecule has 1 N–H and O–H groups in total. The maximum atomic E-state index is 12.1. The van der Waals surface area contributed by atoms with E-state index in [0.717, 1.165) is 5.56 Å². The summed E-state index contributed by atoms with van der Waals surface area (Å²) in [6.07, 6.45) is 3.79. The van der Waals surface area contributed by atoms with Gasteiger partial charge in [-0.3, -0.25) is 4.98 Å². The Morgan fingerprint density at radius 3 is 2.47 bits per heavy atom. The zero-order valence-electron chi connectivity index (χ0n) is 11.3. The normalized spacial score (nSPS) is 19.4. The van der Waals surface area contributed by atoms with E-state index in [2.05, 4.69) is 4.98 Å². The second-order valence-electron chi connectivity index (χ2n) is 5.45. The molecule has 5 nitrogen and oxygen atoms in total. The van der Waals surface area contributed by atoms with E-state index in [1.807, 2.05) is 26.0 Å². The van der Waals surface area contributed by atoms with E-state index in [0.29, 0.717) is 6.42 Å². The van der Waals surface area contributed by atoms with Gasteiger partial charge in [-0.05, 0) is 30.0 Å². The third kappa shape index (κ3) is 3.13. The lowest BCUT2D eigenvalue weighted by atomic mass is 9.85. The average molecular weight is 284 g/mol. The van der Waals surface area contributed by atoms with Crippen molar-refractivity contribution in [3.63, 3.8) is 0 Å². The van der Waals surface area contributed by atoms with Crippen LogP contribution in [0.5, 0.6) is 0 Å². The first kappa shape index (κ1) is 14.4. The molecule has 0 unspecified atom stereocenters. The van der Waals surface area contributed by atoms with Crippen LogP contribution in [-0.4, -0.2) is 47.3 Å². The molecule has 1 fully saturated rings. The first-order valence-corrected chi connectivity index (χ1v) is 8.03. The molecule has 1 aliphatic heterocycles. The minimum atomic E-state index is -3.27. The maximum Gasteiger partial charge on any atom is 0.214 e. The third-order valence-electron chi connectivity index (χ3n) is 3.77. The molecule has 2 rings (SSSR count). The van der Waals surface area contributed by atoms with Crippen molar-refractivity contribution in [2.24, 2.45) is 5.92 Å². The van der Waals surface area contributed by atoms with Gasteiger partial charge in [-0.1, -0.05) is 13.8 Å². The van der Waals surface area contributed by atoms with Crippen molar-refractivity contribution in [2.75, 3.05) is 18.8 Å². The quantitative estimate of drug-likeness (QED) is 0.862. The summed E-state index contributed by atoms with van der Waals surface area (Å²) in [5.74, 6) is 0.143. The molecule has 1 aliphatic rings. The number of rotatable bonds is 5. The number of nitrogens with zero attached hydrogens (tertiary/aromatic N) is 2. The SMILES string of the molecule is CC(C)C1(O)CN(S(=O)(=O)CCc2ccncc2)C1. The Kier molecular flexibility index (Phi) is 3.94. The third-order valence-corrected chi connectivity index (χ3v) is 5.53. The lowest BCUT2D eigenvalue weighted by Gasteiger charge is -2.47. The van der Waals surface area contributed by atoms with Crippen LogP contribution in [0.15, 0.2) is 24.5 Å². The van der Waals surface area contributed by atoms with Crippen molar-refractivity contribution in [3.8, 4) is 0 Å². The minimum Gasteiger partial charge on any atom is -0.387 e. The van der Waals surface area contributed by atoms with Crippen LogP contribution in [0.3, 0.4) is 0 Å². The van der Waals surface area contributed by atoms with E-state index in [1.54, 1.807) is 12.4 Å². The van der Waals surface area contributed by atoms with E-state index < -0.39 is 15.6 Å². The van der Waals surface area contributed by atoms with E-state index >= 15 is 0 Å². The Hall–Kier alpha value is -0.980. The Labute approximate surface area is 114 Å². The van der Waals surface area contributed by atoms with E-state index in [4.69, 9.17) is 0 Å². The Morgan fingerprint density at radius 1 is 1.37 bits per heavy atom. The van der Waals surface area contributed by atoms with E-state index in [9.17, 15) is 13.5 Å². The van der Waals surface area contributed by atoms with Crippen molar-refractivity contribution < 1.29 is 13.5 Å². The molecule has 0 atom stereocenters. The molecule has 0 spiro atoms. The van der Waals surface area contributed by atoms with Crippen molar-refractivity contribution in [2.45, 2.75) is 25.9 Å². The fourth-order valence-electron chi connectivity index (χ4n) is 2.05. The summed E-state index contributed by atoms with van der Waals surface area (Å²) in [6, 6.07) is 3.63. The second kappa shape index (κ2) is 5.19. The highest BCUT2D eigenvalue weighted by Crippen LogP contribution is 2.30. The van der Waals surface area contributed by atoms with Gasteiger partial charge < -0.3 is 5.11 Å². The van der Waals surface area contributed by atoms with Crippen LogP contribution in [0.1, 0.15) is 19.4 Å². The first-order valence-electron chi connectivity index (χ1n) is 6.43. The summed E-state index contributed by atoms with van der Waals surface area (Å²) in [6.45, 7) is 4.23. The molecule has 106 valence electrons. The van der Waals surface area contributed by atoms with Gasteiger partial charge in [0, 0.05) is 25.5 Å². The molecular formula is C13H20N2O3S. The van der Waals surface area contributed by atoms with Crippen LogP contribution < -0.4 is 0 Å². The molecular weight excluding hydrogens is 264 g/mol. The predicted octanol–water partition coefficient (Wildman–Crippen LogP) is 0.657. The Balaban J connectivity index is 1.91. The van der Waals surface area contributed by atoms with Crippen LogP contribution in [0.4, 0.5) is 0 Å². The number of β-amino-alcohol motifs (C(OH)–C–C–N with tert-alkyl or cyclic N) is 1. The standard InChI is InChI=1S/C13H20N2O3S/c1-11(2)13(16)9-15(10-13)19(17,18)8-5-12-3-6-14-7-4-12/h3-4,6-7,11,16H,5,8-10H2,1-2H3. The van der Waals surface area contributed by atoms with Crippen LogP contribution in [0.2, 0.25) is 0 Å². The van der Waals surface area contributed by atoms with Crippen LogP contribution in [0, 0.1) is 5.92 Å². The van der Waals surface area contributed by atoms with Gasteiger partial charge in [0.15, 0.2) is 0 Å². The van der Waals surface area contributed by atoms with Crippen molar-refractivity contribution in [3.05, 3.63) is 30.1 Å². The maximum absolute atomic E-state index is 12.1. The largest absolute Gasteiger partial charge is 0.387 e. The van der Waals surface area contributed by atoms with E-state index in [1.165, 1.54) is 4.31 Å². The molecule has 1 aromatic heterocycles. The molecule has 0 aliphatic carbocycles. The summed E-state index contributed by atoms with van der Waals surface area (Å²) in [5.41, 5.74) is 0.0993. The summed E-state index contributed by atoms with van der Waals surface area (Å²) < 4.78 is 25.6. The average Bonchev–Trinajstić information content (AvgIpc) is 2.33. The molecule has 1 aromatic rings. The fraction of sp³-hybridized carbons (Fsp3) is 0.615. The summed E-state index contributed by atoms with van der Waals surface area (Å²) >= 11 is 0. The van der Waals surface area contributed by atoms with Crippen molar-refractivity contribution in [1.82, 2.24) is 9.29 Å². The molecule has 0 radical (unpaired) electrons. The number of pyridine rings is 1. The van der Waals surface area contributed by atoms with Gasteiger partial charge in [0.2, 0.25) is 10.0 Å². The molecule has 1 saturated heterocycles. The van der Waals surface area contributed by atoms with Gasteiger partial charge in [0.1, 0.15) is 0 Å². The summed E-state index contributed by atoms with van der Waals surface area (Å²) in [5, 5.41) is 10.1. The molecule has 19 heavy (non-hydrogen) atoms. The number of hydrogen-bond acceptors (Lipinski definition) is 4. The molecule has 0 aromatic carbocycles. The monoisotopic (exact) mass is 284 g/mol. The minimum absolute atomic E-state index is 0.0687. The van der Waals surface area contributed by atoms with Gasteiger partial charge >= 0.3 is 0 Å². The zero-order valence-corrected chi connectivity index (χ0v) is 12.1. The highest BCUT2D eigenvalue weighted by molar-refractivity contribution is 7.89.